The summed E-state index contributed by atoms with van der Waals surface area (Å²) in [4.78, 5) is 13.7. The van der Waals surface area contributed by atoms with Crippen LogP contribution in [0.1, 0.15) is 40.7 Å². The van der Waals surface area contributed by atoms with Crippen LogP contribution in [0.3, 0.4) is 0 Å². The minimum absolute atomic E-state index is 0.0346. The van der Waals surface area contributed by atoms with Crippen LogP contribution in [0.4, 0.5) is 0 Å². The third kappa shape index (κ3) is 3.30. The van der Waals surface area contributed by atoms with Crippen LogP contribution in [0.25, 0.3) is 0 Å². The summed E-state index contributed by atoms with van der Waals surface area (Å²) in [7, 11) is 0. The van der Waals surface area contributed by atoms with Gasteiger partial charge in [-0.05, 0) is 51.8 Å². The SMILES string of the molecule is Cc1cccc(C(=O)NC(c2cccs2)C(C)C)c1Br. The Hall–Kier alpha value is -1.13. The van der Waals surface area contributed by atoms with Gasteiger partial charge in [0.25, 0.3) is 5.91 Å². The summed E-state index contributed by atoms with van der Waals surface area (Å²) in [6.07, 6.45) is 0. The summed E-state index contributed by atoms with van der Waals surface area (Å²) in [5, 5.41) is 5.19. The second-order valence-corrected chi connectivity index (χ2v) is 6.92. The number of carbonyl (C=O) groups excluding carboxylic acids is 1. The molecule has 0 saturated heterocycles. The predicted octanol–water partition coefficient (Wildman–Crippen LogP) is 4.95. The molecule has 2 rings (SSSR count). The minimum Gasteiger partial charge on any atom is -0.344 e. The van der Waals surface area contributed by atoms with Crippen LogP contribution in [-0.4, -0.2) is 5.91 Å². The van der Waals surface area contributed by atoms with E-state index in [2.05, 4.69) is 41.2 Å². The van der Waals surface area contributed by atoms with Gasteiger partial charge >= 0.3 is 0 Å². The molecule has 0 spiro atoms. The molecular formula is C16H18BrNOS. The van der Waals surface area contributed by atoms with Crippen molar-refractivity contribution in [2.24, 2.45) is 5.92 Å². The molecule has 0 saturated carbocycles. The Bertz CT molecular complexity index is 593. The van der Waals surface area contributed by atoms with E-state index in [9.17, 15) is 4.79 Å². The molecule has 2 aromatic rings. The molecule has 106 valence electrons. The number of halogens is 1. The highest BCUT2D eigenvalue weighted by Crippen LogP contribution is 2.27. The molecule has 0 aliphatic heterocycles. The quantitative estimate of drug-likeness (QED) is 0.829. The lowest BCUT2D eigenvalue weighted by molar-refractivity contribution is 0.0925. The van der Waals surface area contributed by atoms with E-state index in [1.807, 2.05) is 36.6 Å². The van der Waals surface area contributed by atoms with Crippen molar-refractivity contribution >= 4 is 33.2 Å². The highest BCUT2D eigenvalue weighted by atomic mass is 79.9. The van der Waals surface area contributed by atoms with Crippen molar-refractivity contribution in [3.8, 4) is 0 Å². The lowest BCUT2D eigenvalue weighted by atomic mass is 10.0. The summed E-state index contributed by atoms with van der Waals surface area (Å²) >= 11 is 5.18. The second-order valence-electron chi connectivity index (χ2n) is 5.15. The first-order valence-corrected chi connectivity index (χ1v) is 8.27. The number of benzene rings is 1. The largest absolute Gasteiger partial charge is 0.344 e. The van der Waals surface area contributed by atoms with Gasteiger partial charge < -0.3 is 5.32 Å². The van der Waals surface area contributed by atoms with Gasteiger partial charge in [0.1, 0.15) is 0 Å². The Kier molecular flexibility index (Phi) is 5.00. The van der Waals surface area contributed by atoms with Crippen molar-refractivity contribution in [2.75, 3.05) is 0 Å². The van der Waals surface area contributed by atoms with Gasteiger partial charge in [-0.1, -0.05) is 32.0 Å². The average Bonchev–Trinajstić information content (AvgIpc) is 2.92. The van der Waals surface area contributed by atoms with Crippen molar-refractivity contribution in [1.82, 2.24) is 5.32 Å². The van der Waals surface area contributed by atoms with Gasteiger partial charge in [-0.25, -0.2) is 0 Å². The Morgan fingerprint density at radius 1 is 1.25 bits per heavy atom. The van der Waals surface area contributed by atoms with E-state index in [0.29, 0.717) is 11.5 Å². The van der Waals surface area contributed by atoms with Crippen molar-refractivity contribution in [3.63, 3.8) is 0 Å². The molecule has 1 aromatic carbocycles. The molecule has 0 fully saturated rings. The third-order valence-corrected chi connectivity index (χ3v) is 5.25. The molecule has 1 atom stereocenters. The van der Waals surface area contributed by atoms with Gasteiger partial charge in [0, 0.05) is 9.35 Å². The van der Waals surface area contributed by atoms with Gasteiger partial charge in [0.15, 0.2) is 0 Å². The first-order valence-electron chi connectivity index (χ1n) is 6.60. The van der Waals surface area contributed by atoms with Gasteiger partial charge in [0.2, 0.25) is 0 Å². The third-order valence-electron chi connectivity index (χ3n) is 3.24. The van der Waals surface area contributed by atoms with Crippen LogP contribution >= 0.6 is 27.3 Å². The first kappa shape index (κ1) is 15.3. The molecule has 0 aliphatic carbocycles. The summed E-state index contributed by atoms with van der Waals surface area (Å²) in [6.45, 7) is 6.23. The minimum atomic E-state index is -0.0346. The van der Waals surface area contributed by atoms with Crippen LogP contribution in [0.2, 0.25) is 0 Å². The summed E-state index contributed by atoms with van der Waals surface area (Å²) < 4.78 is 0.867. The molecule has 0 bridgehead atoms. The normalized spacial score (nSPS) is 12.4. The van der Waals surface area contributed by atoms with E-state index < -0.39 is 0 Å². The molecule has 4 heteroatoms. The molecular weight excluding hydrogens is 334 g/mol. The van der Waals surface area contributed by atoms with Crippen LogP contribution in [0, 0.1) is 12.8 Å². The zero-order valence-electron chi connectivity index (χ0n) is 11.8. The number of amides is 1. The first-order chi connectivity index (χ1) is 9.50. The lowest BCUT2D eigenvalue weighted by Crippen LogP contribution is -2.31. The smallest absolute Gasteiger partial charge is 0.252 e. The fourth-order valence-electron chi connectivity index (χ4n) is 2.08. The average molecular weight is 352 g/mol. The van der Waals surface area contributed by atoms with E-state index in [1.54, 1.807) is 11.3 Å². The summed E-state index contributed by atoms with van der Waals surface area (Å²) in [5.74, 6) is 0.314. The van der Waals surface area contributed by atoms with E-state index in [4.69, 9.17) is 0 Å². The van der Waals surface area contributed by atoms with Gasteiger partial charge in [-0.15, -0.1) is 11.3 Å². The number of aryl methyl sites for hydroxylation is 1. The molecule has 1 aromatic heterocycles. The topological polar surface area (TPSA) is 29.1 Å². The van der Waals surface area contributed by atoms with Crippen LogP contribution in [0.15, 0.2) is 40.2 Å². The van der Waals surface area contributed by atoms with Gasteiger partial charge in [0.05, 0.1) is 11.6 Å². The fraction of sp³-hybridized carbons (Fsp3) is 0.312. The molecule has 2 nitrogen and oxygen atoms in total. The summed E-state index contributed by atoms with van der Waals surface area (Å²) in [5.41, 5.74) is 1.75. The number of thiophene rings is 1. The maximum absolute atomic E-state index is 12.5. The predicted molar refractivity (Wildman–Crippen MR) is 88.2 cm³/mol. The molecule has 0 aliphatic rings. The molecule has 20 heavy (non-hydrogen) atoms. The number of carbonyl (C=O) groups is 1. The molecule has 1 amide bonds. The molecule has 1 unspecified atom stereocenters. The molecule has 1 N–H and O–H groups in total. The number of nitrogens with one attached hydrogen (secondary N) is 1. The van der Waals surface area contributed by atoms with E-state index >= 15 is 0 Å². The Morgan fingerprint density at radius 2 is 2.00 bits per heavy atom. The van der Waals surface area contributed by atoms with Gasteiger partial charge in [-0.2, -0.15) is 0 Å². The monoisotopic (exact) mass is 351 g/mol. The van der Waals surface area contributed by atoms with Crippen LogP contribution in [-0.2, 0) is 0 Å². The zero-order chi connectivity index (χ0) is 14.7. The molecule has 0 radical (unpaired) electrons. The number of hydrogen-bond donors (Lipinski definition) is 1. The fourth-order valence-corrected chi connectivity index (χ4v) is 3.47. The lowest BCUT2D eigenvalue weighted by Gasteiger charge is -2.21. The van der Waals surface area contributed by atoms with Crippen molar-refractivity contribution in [3.05, 3.63) is 56.2 Å². The number of hydrogen-bond acceptors (Lipinski definition) is 2. The van der Waals surface area contributed by atoms with Crippen molar-refractivity contribution < 1.29 is 4.79 Å². The Morgan fingerprint density at radius 3 is 2.60 bits per heavy atom. The Balaban J connectivity index is 2.23. The highest BCUT2D eigenvalue weighted by Gasteiger charge is 2.21. The van der Waals surface area contributed by atoms with E-state index in [-0.39, 0.29) is 11.9 Å². The standard InChI is InChI=1S/C16H18BrNOS/c1-10(2)15(13-8-5-9-20-13)18-16(19)12-7-4-6-11(3)14(12)17/h4-10,15H,1-3H3,(H,18,19). The Labute approximate surface area is 132 Å². The van der Waals surface area contributed by atoms with Crippen molar-refractivity contribution in [2.45, 2.75) is 26.8 Å². The van der Waals surface area contributed by atoms with E-state index in [0.717, 1.165) is 10.0 Å². The maximum Gasteiger partial charge on any atom is 0.252 e. The highest BCUT2D eigenvalue weighted by molar-refractivity contribution is 9.10. The summed E-state index contributed by atoms with van der Waals surface area (Å²) in [6, 6.07) is 9.88. The zero-order valence-corrected chi connectivity index (χ0v) is 14.2. The second kappa shape index (κ2) is 6.55. The molecule has 1 heterocycles. The van der Waals surface area contributed by atoms with Gasteiger partial charge in [-0.3, -0.25) is 4.79 Å². The number of rotatable bonds is 4. The van der Waals surface area contributed by atoms with Crippen LogP contribution in [0.5, 0.6) is 0 Å². The van der Waals surface area contributed by atoms with Crippen LogP contribution < -0.4 is 5.32 Å². The van der Waals surface area contributed by atoms with E-state index in [1.165, 1.54) is 4.88 Å². The van der Waals surface area contributed by atoms with Crippen molar-refractivity contribution in [1.29, 1.82) is 0 Å². The maximum atomic E-state index is 12.5.